The van der Waals surface area contributed by atoms with Crippen molar-refractivity contribution in [2.75, 3.05) is 25.1 Å². The molecule has 3 heterocycles. The van der Waals surface area contributed by atoms with Gasteiger partial charge >= 0.3 is 5.97 Å². The zero-order valence-corrected chi connectivity index (χ0v) is 13.8. The van der Waals surface area contributed by atoms with Crippen molar-refractivity contribution >= 4 is 23.1 Å². The van der Waals surface area contributed by atoms with Crippen LogP contribution in [0.4, 0.5) is 5.95 Å². The van der Waals surface area contributed by atoms with Crippen LogP contribution in [0.3, 0.4) is 0 Å². The number of fused-ring (bicyclic) bond motifs is 1. The first-order valence-electron chi connectivity index (χ1n) is 7.95. The normalized spacial score (nSPS) is 25.5. The second-order valence-electron chi connectivity index (χ2n) is 5.60. The highest BCUT2D eigenvalue weighted by Crippen LogP contribution is 2.33. The fourth-order valence-corrected chi connectivity index (χ4v) is 2.74. The largest absolute Gasteiger partial charge is 0.465 e. The summed E-state index contributed by atoms with van der Waals surface area (Å²) in [7, 11) is 0. The zero-order valence-electron chi connectivity index (χ0n) is 13.8. The predicted molar refractivity (Wildman–Crippen MR) is 86.3 cm³/mol. The number of hydrogen-bond donors (Lipinski definition) is 5. The lowest BCUT2D eigenvalue weighted by atomic mass is 10.1. The van der Waals surface area contributed by atoms with Gasteiger partial charge in [0.05, 0.1) is 19.5 Å². The Morgan fingerprint density at radius 1 is 1.46 bits per heavy atom. The molecule has 0 bridgehead atoms. The van der Waals surface area contributed by atoms with Gasteiger partial charge < -0.3 is 35.1 Å². The number of rotatable bonds is 6. The van der Waals surface area contributed by atoms with Crippen molar-refractivity contribution < 1.29 is 29.6 Å². The molecule has 1 saturated heterocycles. The third kappa shape index (κ3) is 3.14. The van der Waals surface area contributed by atoms with Crippen LogP contribution in [-0.2, 0) is 14.3 Å². The van der Waals surface area contributed by atoms with Gasteiger partial charge in [-0.2, -0.15) is 0 Å². The summed E-state index contributed by atoms with van der Waals surface area (Å²) in [5, 5.41) is 32.2. The lowest BCUT2D eigenvalue weighted by Crippen LogP contribution is -2.33. The van der Waals surface area contributed by atoms with E-state index in [2.05, 4.69) is 20.3 Å². The van der Waals surface area contributed by atoms with Crippen LogP contribution < -0.4 is 10.9 Å². The maximum Gasteiger partial charge on any atom is 0.325 e. The number of esters is 1. The SMILES string of the molecule is CCOC(=O)CNc1nc2c(=O)[nH]cnc2n1C1OC(CO)C(O)C1O. The Morgan fingerprint density at radius 2 is 2.23 bits per heavy atom. The van der Waals surface area contributed by atoms with Gasteiger partial charge in [0.15, 0.2) is 17.4 Å². The second kappa shape index (κ2) is 7.37. The van der Waals surface area contributed by atoms with E-state index in [4.69, 9.17) is 9.47 Å². The standard InChI is InChI=1S/C14H19N5O7/c1-2-25-7(21)3-15-14-18-8-11(16-5-17-12(8)24)19(14)13-10(23)9(22)6(4-20)26-13/h5-6,9-10,13,20,22-23H,2-4H2,1H3,(H,15,18)(H,16,17,24). The summed E-state index contributed by atoms with van der Waals surface area (Å²) in [4.78, 5) is 34.1. The summed E-state index contributed by atoms with van der Waals surface area (Å²) < 4.78 is 11.6. The van der Waals surface area contributed by atoms with E-state index >= 15 is 0 Å². The maximum atomic E-state index is 12.0. The Bertz CT molecular complexity index is 850. The smallest absolute Gasteiger partial charge is 0.325 e. The van der Waals surface area contributed by atoms with Crippen molar-refractivity contribution in [1.29, 1.82) is 0 Å². The van der Waals surface area contributed by atoms with Crippen molar-refractivity contribution in [3.05, 3.63) is 16.7 Å². The molecule has 26 heavy (non-hydrogen) atoms. The first-order valence-corrected chi connectivity index (χ1v) is 7.95. The summed E-state index contributed by atoms with van der Waals surface area (Å²) in [5.41, 5.74) is -0.494. The van der Waals surface area contributed by atoms with Crippen LogP contribution in [0.2, 0.25) is 0 Å². The topological polar surface area (TPSA) is 172 Å². The molecule has 142 valence electrons. The van der Waals surface area contributed by atoms with E-state index in [-0.39, 0.29) is 30.3 Å². The number of aliphatic hydroxyl groups is 3. The van der Waals surface area contributed by atoms with E-state index in [0.29, 0.717) is 0 Å². The van der Waals surface area contributed by atoms with Gasteiger partial charge in [0.1, 0.15) is 24.9 Å². The highest BCUT2D eigenvalue weighted by atomic mass is 16.6. The Kier molecular flexibility index (Phi) is 5.18. The van der Waals surface area contributed by atoms with Crippen LogP contribution in [0.15, 0.2) is 11.1 Å². The van der Waals surface area contributed by atoms with Gasteiger partial charge in [0, 0.05) is 0 Å². The molecular weight excluding hydrogens is 350 g/mol. The second-order valence-corrected chi connectivity index (χ2v) is 5.60. The summed E-state index contributed by atoms with van der Waals surface area (Å²) in [6, 6.07) is 0. The van der Waals surface area contributed by atoms with Crippen LogP contribution >= 0.6 is 0 Å². The molecular formula is C14H19N5O7. The molecule has 2 aromatic rings. The summed E-state index contributed by atoms with van der Waals surface area (Å²) in [5.74, 6) is -0.527. The van der Waals surface area contributed by atoms with Crippen molar-refractivity contribution in [3.8, 4) is 0 Å². The molecule has 5 N–H and O–H groups in total. The van der Waals surface area contributed by atoms with Gasteiger partial charge in [-0.05, 0) is 6.92 Å². The van der Waals surface area contributed by atoms with E-state index in [1.54, 1.807) is 6.92 Å². The molecule has 12 nitrogen and oxygen atoms in total. The molecule has 12 heteroatoms. The fourth-order valence-electron chi connectivity index (χ4n) is 2.74. The maximum absolute atomic E-state index is 12.0. The Morgan fingerprint density at radius 3 is 2.88 bits per heavy atom. The Hall–Kier alpha value is -2.54. The minimum absolute atomic E-state index is 0.0205. The zero-order chi connectivity index (χ0) is 18.8. The number of nitrogens with one attached hydrogen (secondary N) is 2. The minimum atomic E-state index is -1.41. The van der Waals surface area contributed by atoms with Crippen molar-refractivity contribution in [2.24, 2.45) is 0 Å². The Balaban J connectivity index is 2.02. The number of imidazole rings is 1. The Labute approximate surface area is 146 Å². The van der Waals surface area contributed by atoms with Gasteiger partial charge in [-0.3, -0.25) is 14.2 Å². The molecule has 1 fully saturated rings. The number of nitrogens with zero attached hydrogens (tertiary/aromatic N) is 3. The van der Waals surface area contributed by atoms with Crippen LogP contribution in [0, 0.1) is 0 Å². The van der Waals surface area contributed by atoms with E-state index in [0.717, 1.165) is 6.33 Å². The van der Waals surface area contributed by atoms with Crippen molar-refractivity contribution in [2.45, 2.75) is 31.5 Å². The highest BCUT2D eigenvalue weighted by Gasteiger charge is 2.45. The van der Waals surface area contributed by atoms with Crippen LogP contribution in [0.1, 0.15) is 13.2 Å². The van der Waals surface area contributed by atoms with Crippen LogP contribution in [0.25, 0.3) is 11.2 Å². The molecule has 4 atom stereocenters. The lowest BCUT2D eigenvalue weighted by Gasteiger charge is -2.19. The third-order valence-corrected chi connectivity index (χ3v) is 3.95. The molecule has 0 radical (unpaired) electrons. The van der Waals surface area contributed by atoms with Crippen LogP contribution in [0.5, 0.6) is 0 Å². The highest BCUT2D eigenvalue weighted by molar-refractivity contribution is 5.77. The van der Waals surface area contributed by atoms with Crippen LogP contribution in [-0.4, -0.2) is 78.9 Å². The van der Waals surface area contributed by atoms with Gasteiger partial charge in [-0.1, -0.05) is 0 Å². The van der Waals surface area contributed by atoms with Gasteiger partial charge in [-0.15, -0.1) is 0 Å². The number of ether oxygens (including phenoxy) is 2. The van der Waals surface area contributed by atoms with Gasteiger partial charge in [-0.25, -0.2) is 9.97 Å². The van der Waals surface area contributed by atoms with E-state index < -0.39 is 42.7 Å². The first kappa shape index (κ1) is 18.3. The number of hydrogen-bond acceptors (Lipinski definition) is 10. The quantitative estimate of drug-likeness (QED) is 0.349. The first-order chi connectivity index (χ1) is 12.5. The molecule has 0 aliphatic carbocycles. The number of carbonyl (C=O) groups excluding carboxylic acids is 1. The monoisotopic (exact) mass is 369 g/mol. The number of aromatic amines is 1. The lowest BCUT2D eigenvalue weighted by molar-refractivity contribution is -0.140. The molecule has 3 rings (SSSR count). The summed E-state index contributed by atoms with van der Waals surface area (Å²) in [6.45, 7) is 1.10. The van der Waals surface area contributed by atoms with Crippen molar-refractivity contribution in [1.82, 2.24) is 19.5 Å². The molecule has 1 aliphatic heterocycles. The summed E-state index contributed by atoms with van der Waals surface area (Å²) >= 11 is 0. The third-order valence-electron chi connectivity index (χ3n) is 3.95. The van der Waals surface area contributed by atoms with E-state index in [1.165, 1.54) is 4.57 Å². The number of carbonyl (C=O) groups is 1. The molecule has 2 aromatic heterocycles. The molecule has 0 amide bonds. The van der Waals surface area contributed by atoms with E-state index in [1.807, 2.05) is 0 Å². The summed E-state index contributed by atoms with van der Waals surface area (Å²) in [6.07, 6.45) is -3.80. The average molecular weight is 369 g/mol. The van der Waals surface area contributed by atoms with Crippen molar-refractivity contribution in [3.63, 3.8) is 0 Å². The number of anilines is 1. The number of aliphatic hydroxyl groups excluding tert-OH is 3. The molecule has 0 saturated carbocycles. The van der Waals surface area contributed by atoms with E-state index in [9.17, 15) is 24.9 Å². The number of H-pyrrole nitrogens is 1. The van der Waals surface area contributed by atoms with Gasteiger partial charge in [0.25, 0.3) is 5.56 Å². The average Bonchev–Trinajstić information content (AvgIpc) is 3.12. The molecule has 1 aliphatic rings. The fraction of sp³-hybridized carbons (Fsp3) is 0.571. The molecule has 4 unspecified atom stereocenters. The number of aromatic nitrogens is 4. The van der Waals surface area contributed by atoms with Gasteiger partial charge in [0.2, 0.25) is 5.95 Å². The molecule has 0 aromatic carbocycles. The predicted octanol–water partition coefficient (Wildman–Crippen LogP) is -2.29. The molecule has 0 spiro atoms. The minimum Gasteiger partial charge on any atom is -0.465 e.